The first-order valence-corrected chi connectivity index (χ1v) is 5.27. The second-order valence-corrected chi connectivity index (χ2v) is 3.57. The predicted molar refractivity (Wildman–Crippen MR) is 60.1 cm³/mol. The molecule has 0 spiro atoms. The van der Waals surface area contributed by atoms with Gasteiger partial charge in [-0.3, -0.25) is 9.13 Å². The Morgan fingerprint density at radius 2 is 1.94 bits per heavy atom. The number of nitrogens with zero attached hydrogens (tertiary/aromatic N) is 2. The van der Waals surface area contributed by atoms with E-state index in [2.05, 4.69) is 0 Å². The molecule has 16 heavy (non-hydrogen) atoms. The molecule has 5 heteroatoms. The van der Waals surface area contributed by atoms with Crippen molar-refractivity contribution in [3.05, 3.63) is 46.5 Å². The van der Waals surface area contributed by atoms with Crippen LogP contribution in [-0.4, -0.2) is 9.13 Å². The summed E-state index contributed by atoms with van der Waals surface area (Å²) in [5.41, 5.74) is 5.43. The summed E-state index contributed by atoms with van der Waals surface area (Å²) in [6.45, 7) is 3.44. The smallest absolute Gasteiger partial charge is 0.328 e. The van der Waals surface area contributed by atoms with E-state index in [9.17, 15) is 4.79 Å². The SMILES string of the molecule is CCn1ccn(Cc2ccc(CN)o2)c1=O. The zero-order valence-corrected chi connectivity index (χ0v) is 9.22. The van der Waals surface area contributed by atoms with Gasteiger partial charge in [0, 0.05) is 18.9 Å². The van der Waals surface area contributed by atoms with E-state index in [0.717, 1.165) is 11.5 Å². The lowest BCUT2D eigenvalue weighted by molar-refractivity contribution is 0.451. The van der Waals surface area contributed by atoms with Crippen LogP contribution < -0.4 is 11.4 Å². The number of aryl methyl sites for hydroxylation is 1. The Morgan fingerprint density at radius 3 is 2.50 bits per heavy atom. The normalized spacial score (nSPS) is 10.9. The van der Waals surface area contributed by atoms with Gasteiger partial charge in [0.25, 0.3) is 0 Å². The Kier molecular flexibility index (Phi) is 2.96. The van der Waals surface area contributed by atoms with Gasteiger partial charge in [0.1, 0.15) is 11.5 Å². The van der Waals surface area contributed by atoms with E-state index in [-0.39, 0.29) is 5.69 Å². The van der Waals surface area contributed by atoms with Gasteiger partial charge in [-0.25, -0.2) is 4.79 Å². The summed E-state index contributed by atoms with van der Waals surface area (Å²) in [4.78, 5) is 11.7. The molecule has 2 aromatic heterocycles. The maximum absolute atomic E-state index is 11.7. The van der Waals surface area contributed by atoms with Crippen molar-refractivity contribution in [2.75, 3.05) is 0 Å². The van der Waals surface area contributed by atoms with Gasteiger partial charge < -0.3 is 10.2 Å². The molecule has 0 aromatic carbocycles. The highest BCUT2D eigenvalue weighted by Gasteiger charge is 2.05. The molecule has 0 saturated carbocycles. The zero-order valence-electron chi connectivity index (χ0n) is 9.22. The first kappa shape index (κ1) is 10.8. The minimum absolute atomic E-state index is 0.0202. The van der Waals surface area contributed by atoms with Crippen molar-refractivity contribution in [3.63, 3.8) is 0 Å². The summed E-state index contributed by atoms with van der Waals surface area (Å²) in [6, 6.07) is 3.68. The highest BCUT2D eigenvalue weighted by Crippen LogP contribution is 2.07. The van der Waals surface area contributed by atoms with E-state index in [4.69, 9.17) is 10.2 Å². The average molecular weight is 221 g/mol. The topological polar surface area (TPSA) is 66.1 Å². The fraction of sp³-hybridized carbons (Fsp3) is 0.364. The highest BCUT2D eigenvalue weighted by molar-refractivity contribution is 5.07. The second kappa shape index (κ2) is 4.40. The van der Waals surface area contributed by atoms with Crippen molar-refractivity contribution >= 4 is 0 Å². The Morgan fingerprint density at radius 1 is 1.25 bits per heavy atom. The van der Waals surface area contributed by atoms with Crippen LogP contribution in [0, 0.1) is 0 Å². The molecule has 0 saturated heterocycles. The summed E-state index contributed by atoms with van der Waals surface area (Å²) in [7, 11) is 0. The van der Waals surface area contributed by atoms with Crippen LogP contribution in [0.3, 0.4) is 0 Å². The van der Waals surface area contributed by atoms with Gasteiger partial charge in [0.2, 0.25) is 0 Å². The Bertz CT molecular complexity index is 521. The van der Waals surface area contributed by atoms with E-state index >= 15 is 0 Å². The molecule has 5 nitrogen and oxygen atoms in total. The predicted octanol–water partition coefficient (Wildman–Crippen LogP) is 0.770. The summed E-state index contributed by atoms with van der Waals surface area (Å²) in [6.07, 6.45) is 3.53. The van der Waals surface area contributed by atoms with E-state index < -0.39 is 0 Å². The standard InChI is InChI=1S/C11H15N3O2/c1-2-13-5-6-14(11(13)15)8-10-4-3-9(7-12)16-10/h3-6H,2,7-8,12H2,1H3. The molecule has 2 N–H and O–H groups in total. The van der Waals surface area contributed by atoms with E-state index in [1.54, 1.807) is 21.5 Å². The van der Waals surface area contributed by atoms with Crippen LogP contribution in [-0.2, 0) is 19.6 Å². The van der Waals surface area contributed by atoms with Crippen LogP contribution in [0.5, 0.6) is 0 Å². The number of rotatable bonds is 4. The number of aromatic nitrogens is 2. The third kappa shape index (κ3) is 1.94. The van der Waals surface area contributed by atoms with Crippen molar-refractivity contribution in [1.82, 2.24) is 9.13 Å². The molecule has 0 amide bonds. The van der Waals surface area contributed by atoms with Crippen LogP contribution in [0.4, 0.5) is 0 Å². The molecule has 0 radical (unpaired) electrons. The first-order valence-electron chi connectivity index (χ1n) is 5.27. The van der Waals surface area contributed by atoms with E-state index in [1.807, 2.05) is 19.1 Å². The molecular formula is C11H15N3O2. The number of nitrogens with two attached hydrogens (primary N) is 1. The summed E-state index contributed by atoms with van der Waals surface area (Å²) >= 11 is 0. The number of furan rings is 1. The monoisotopic (exact) mass is 221 g/mol. The van der Waals surface area contributed by atoms with Crippen molar-refractivity contribution in [2.24, 2.45) is 5.73 Å². The molecule has 0 bridgehead atoms. The van der Waals surface area contributed by atoms with E-state index in [1.165, 1.54) is 0 Å². The fourth-order valence-electron chi connectivity index (χ4n) is 1.60. The van der Waals surface area contributed by atoms with Gasteiger partial charge in [-0.1, -0.05) is 0 Å². The summed E-state index contributed by atoms with van der Waals surface area (Å²) in [5, 5.41) is 0. The molecule has 0 aliphatic rings. The van der Waals surface area contributed by atoms with Crippen molar-refractivity contribution in [2.45, 2.75) is 26.6 Å². The maximum atomic E-state index is 11.7. The van der Waals surface area contributed by atoms with Crippen molar-refractivity contribution < 1.29 is 4.42 Å². The van der Waals surface area contributed by atoms with Gasteiger partial charge >= 0.3 is 5.69 Å². The number of hydrogen-bond acceptors (Lipinski definition) is 3. The maximum Gasteiger partial charge on any atom is 0.328 e. The molecule has 0 aliphatic heterocycles. The van der Waals surface area contributed by atoms with Gasteiger partial charge in [-0.2, -0.15) is 0 Å². The quantitative estimate of drug-likeness (QED) is 0.829. The molecule has 0 unspecified atom stereocenters. The Labute approximate surface area is 93.1 Å². The van der Waals surface area contributed by atoms with Crippen molar-refractivity contribution in [3.8, 4) is 0 Å². The molecule has 2 heterocycles. The number of imidazole rings is 1. The molecular weight excluding hydrogens is 206 g/mol. The lowest BCUT2D eigenvalue weighted by Gasteiger charge is -1.98. The largest absolute Gasteiger partial charge is 0.463 e. The zero-order chi connectivity index (χ0) is 11.5. The third-order valence-corrected chi connectivity index (χ3v) is 2.50. The summed E-state index contributed by atoms with van der Waals surface area (Å²) in [5.74, 6) is 1.48. The van der Waals surface area contributed by atoms with Crippen LogP contribution >= 0.6 is 0 Å². The molecule has 0 fully saturated rings. The molecule has 2 aromatic rings. The Hall–Kier alpha value is -1.75. The van der Waals surface area contributed by atoms with Crippen LogP contribution in [0.25, 0.3) is 0 Å². The van der Waals surface area contributed by atoms with Crippen LogP contribution in [0.1, 0.15) is 18.4 Å². The summed E-state index contributed by atoms with van der Waals surface area (Å²) < 4.78 is 8.70. The fourth-order valence-corrected chi connectivity index (χ4v) is 1.60. The van der Waals surface area contributed by atoms with Crippen LogP contribution in [0.15, 0.2) is 33.7 Å². The molecule has 2 rings (SSSR count). The average Bonchev–Trinajstić information content (AvgIpc) is 2.88. The minimum atomic E-state index is -0.0202. The lowest BCUT2D eigenvalue weighted by Crippen LogP contribution is -2.23. The minimum Gasteiger partial charge on any atom is -0.463 e. The van der Waals surface area contributed by atoms with E-state index in [0.29, 0.717) is 19.6 Å². The lowest BCUT2D eigenvalue weighted by atomic mass is 10.4. The number of hydrogen-bond donors (Lipinski definition) is 1. The van der Waals surface area contributed by atoms with Crippen molar-refractivity contribution in [1.29, 1.82) is 0 Å². The second-order valence-electron chi connectivity index (χ2n) is 3.57. The molecule has 0 atom stereocenters. The van der Waals surface area contributed by atoms with Crippen LogP contribution in [0.2, 0.25) is 0 Å². The first-order chi connectivity index (χ1) is 7.74. The Balaban J connectivity index is 2.20. The van der Waals surface area contributed by atoms with Gasteiger partial charge in [0.15, 0.2) is 0 Å². The third-order valence-electron chi connectivity index (χ3n) is 2.50. The van der Waals surface area contributed by atoms with Gasteiger partial charge in [0.05, 0.1) is 13.1 Å². The van der Waals surface area contributed by atoms with Gasteiger partial charge in [-0.05, 0) is 19.1 Å². The molecule has 86 valence electrons. The molecule has 0 aliphatic carbocycles. The highest BCUT2D eigenvalue weighted by atomic mass is 16.3. The van der Waals surface area contributed by atoms with Gasteiger partial charge in [-0.15, -0.1) is 0 Å².